The maximum atomic E-state index is 13.4. The zero-order chi connectivity index (χ0) is 22.0. The first-order valence-electron chi connectivity index (χ1n) is 12.0. The molecule has 1 heterocycles. The van der Waals surface area contributed by atoms with Crippen molar-refractivity contribution < 1.29 is 18.7 Å². The maximum absolute atomic E-state index is 13.4. The first-order chi connectivity index (χ1) is 14.7. The molecule has 6 nitrogen and oxygen atoms in total. The molecule has 4 saturated carbocycles. The Morgan fingerprint density at radius 2 is 1.90 bits per heavy atom. The Morgan fingerprint density at radius 3 is 2.61 bits per heavy atom. The fourth-order valence-electron chi connectivity index (χ4n) is 8.29. The second-order valence-electron chi connectivity index (χ2n) is 11.1. The number of rotatable bonds is 4. The number of carbonyl (C=O) groups is 1. The van der Waals surface area contributed by atoms with Crippen molar-refractivity contribution in [2.75, 3.05) is 0 Å². The molecule has 0 aromatic carbocycles. The fourth-order valence-corrected chi connectivity index (χ4v) is 8.29. The molecule has 0 unspecified atom stereocenters. The summed E-state index contributed by atoms with van der Waals surface area (Å²) < 4.78 is 28.4. The van der Waals surface area contributed by atoms with E-state index in [2.05, 4.69) is 22.4 Å². The smallest absolute Gasteiger partial charge is 0.266 e. The van der Waals surface area contributed by atoms with Crippen molar-refractivity contribution in [3.05, 3.63) is 5.82 Å². The first kappa shape index (κ1) is 21.4. The second kappa shape index (κ2) is 7.56. The largest absolute Gasteiger partial charge is 0.384 e. The number of tetrazole rings is 1. The Bertz CT molecular complexity index is 847. The van der Waals surface area contributed by atoms with E-state index in [0.717, 1.165) is 44.9 Å². The van der Waals surface area contributed by atoms with Gasteiger partial charge in [-0.1, -0.05) is 6.92 Å². The van der Waals surface area contributed by atoms with E-state index >= 15 is 0 Å². The lowest BCUT2D eigenvalue weighted by Crippen LogP contribution is -2.53. The van der Waals surface area contributed by atoms with Crippen LogP contribution in [0.1, 0.15) is 70.5 Å². The molecule has 1 N–H and O–H groups in total. The molecule has 4 fully saturated rings. The van der Waals surface area contributed by atoms with Crippen molar-refractivity contribution in [1.29, 1.82) is 0 Å². The maximum Gasteiger partial charge on any atom is 0.266 e. The molecular weight excluding hydrogens is 402 g/mol. The summed E-state index contributed by atoms with van der Waals surface area (Å²) in [6.07, 6.45) is 4.68. The van der Waals surface area contributed by atoms with Crippen LogP contribution in [-0.4, -0.2) is 43.1 Å². The van der Waals surface area contributed by atoms with Gasteiger partial charge in [0.25, 0.3) is 6.43 Å². The normalized spacial score (nSPS) is 44.6. The lowest BCUT2D eigenvalue weighted by Gasteiger charge is -2.57. The van der Waals surface area contributed by atoms with Gasteiger partial charge in [0.1, 0.15) is 18.0 Å². The summed E-state index contributed by atoms with van der Waals surface area (Å²) in [7, 11) is 0. The number of aryl methyl sites for hydroxylation is 1. The molecule has 8 atom stereocenters. The zero-order valence-corrected chi connectivity index (χ0v) is 18.5. The number of aliphatic hydroxyl groups is 1. The minimum absolute atomic E-state index is 0.0192. The number of aromatic nitrogens is 4. The van der Waals surface area contributed by atoms with Crippen LogP contribution in [0.2, 0.25) is 0 Å². The Kier molecular flexibility index (Phi) is 5.22. The first-order valence-corrected chi connectivity index (χ1v) is 12.0. The molecule has 0 bridgehead atoms. The number of ketones is 1. The fraction of sp³-hybridized carbons (Fsp3) is 0.913. The molecule has 172 valence electrons. The van der Waals surface area contributed by atoms with Gasteiger partial charge in [0.05, 0.1) is 0 Å². The van der Waals surface area contributed by atoms with Crippen LogP contribution in [0.15, 0.2) is 0 Å². The van der Waals surface area contributed by atoms with Gasteiger partial charge >= 0.3 is 0 Å². The van der Waals surface area contributed by atoms with Crippen LogP contribution in [0.3, 0.4) is 0 Å². The molecule has 0 radical (unpaired) electrons. The third kappa shape index (κ3) is 3.35. The molecule has 4 aliphatic rings. The van der Waals surface area contributed by atoms with E-state index in [0.29, 0.717) is 29.5 Å². The molecule has 0 spiro atoms. The Balaban J connectivity index is 1.30. The van der Waals surface area contributed by atoms with Crippen LogP contribution in [0.4, 0.5) is 8.78 Å². The van der Waals surface area contributed by atoms with Crippen LogP contribution in [-0.2, 0) is 11.3 Å². The highest BCUT2D eigenvalue weighted by Gasteiger charge is 2.59. The molecule has 0 amide bonds. The predicted octanol–water partition coefficient (Wildman–Crippen LogP) is 3.82. The second-order valence-corrected chi connectivity index (χ2v) is 11.1. The third-order valence-corrected chi connectivity index (χ3v) is 9.86. The minimum Gasteiger partial charge on any atom is -0.384 e. The van der Waals surface area contributed by atoms with Crippen molar-refractivity contribution in [3.63, 3.8) is 0 Å². The van der Waals surface area contributed by atoms with E-state index in [9.17, 15) is 18.7 Å². The van der Waals surface area contributed by atoms with E-state index in [1.807, 2.05) is 6.92 Å². The summed E-state index contributed by atoms with van der Waals surface area (Å²) in [5.74, 6) is 3.33. The van der Waals surface area contributed by atoms with Gasteiger partial charge in [-0.05, 0) is 110 Å². The van der Waals surface area contributed by atoms with E-state index in [4.69, 9.17) is 0 Å². The number of carbonyl (C=O) groups excluding carboxylic acids is 1. The molecule has 31 heavy (non-hydrogen) atoms. The zero-order valence-electron chi connectivity index (χ0n) is 18.5. The number of halogens is 2. The average molecular weight is 437 g/mol. The van der Waals surface area contributed by atoms with Gasteiger partial charge in [0.15, 0.2) is 5.78 Å². The Morgan fingerprint density at radius 1 is 1.13 bits per heavy atom. The van der Waals surface area contributed by atoms with Crippen LogP contribution in [0.25, 0.3) is 0 Å². The molecule has 5 rings (SSSR count). The van der Waals surface area contributed by atoms with Gasteiger partial charge < -0.3 is 5.11 Å². The predicted molar refractivity (Wildman–Crippen MR) is 109 cm³/mol. The van der Waals surface area contributed by atoms with Crippen LogP contribution in [0.5, 0.6) is 0 Å². The van der Waals surface area contributed by atoms with Crippen molar-refractivity contribution in [1.82, 2.24) is 20.2 Å². The molecular formula is C23H34F2N4O2. The number of hydrogen-bond donors (Lipinski definition) is 1. The van der Waals surface area contributed by atoms with E-state index in [1.165, 1.54) is 0 Å². The quantitative estimate of drug-likeness (QED) is 0.776. The van der Waals surface area contributed by atoms with E-state index < -0.39 is 12.0 Å². The summed E-state index contributed by atoms with van der Waals surface area (Å²) in [4.78, 5) is 13.2. The number of alkyl halides is 2. The summed E-state index contributed by atoms with van der Waals surface area (Å²) >= 11 is 0. The number of fused-ring (bicyclic) bond motifs is 5. The van der Waals surface area contributed by atoms with Gasteiger partial charge in [0.2, 0.25) is 0 Å². The average Bonchev–Trinajstić information content (AvgIpc) is 3.29. The summed E-state index contributed by atoms with van der Waals surface area (Å²) in [6, 6.07) is 0. The summed E-state index contributed by atoms with van der Waals surface area (Å²) in [5, 5.41) is 21.9. The van der Waals surface area contributed by atoms with Gasteiger partial charge in [-0.25, -0.2) is 13.5 Å². The molecule has 1 aromatic heterocycles. The van der Waals surface area contributed by atoms with Crippen LogP contribution >= 0.6 is 0 Å². The highest BCUT2D eigenvalue weighted by atomic mass is 19.3. The SMILES string of the molecule is Cc1nnnn1CC(=O)[C@H]1CC[C@H]2[C@@H]3CC[C@@H]4C[C@@](O)(C(F)F)CC[C@@H]4[C@H]3CC[C@]12C. The van der Waals surface area contributed by atoms with Crippen LogP contribution < -0.4 is 0 Å². The molecule has 8 heteroatoms. The van der Waals surface area contributed by atoms with Gasteiger partial charge in [-0.3, -0.25) is 4.79 Å². The van der Waals surface area contributed by atoms with Crippen molar-refractivity contribution in [3.8, 4) is 0 Å². The van der Waals surface area contributed by atoms with Gasteiger partial charge in [-0.15, -0.1) is 5.10 Å². The van der Waals surface area contributed by atoms with E-state index in [1.54, 1.807) is 4.68 Å². The number of hydrogen-bond acceptors (Lipinski definition) is 5. The minimum atomic E-state index is -2.65. The van der Waals surface area contributed by atoms with Gasteiger partial charge in [-0.2, -0.15) is 0 Å². The van der Waals surface area contributed by atoms with Crippen LogP contribution in [0, 0.1) is 47.8 Å². The summed E-state index contributed by atoms with van der Waals surface area (Å²) in [5.41, 5.74) is -1.76. The topological polar surface area (TPSA) is 80.9 Å². The Labute approximate surface area is 182 Å². The van der Waals surface area contributed by atoms with Crippen molar-refractivity contribution >= 4 is 5.78 Å². The third-order valence-electron chi connectivity index (χ3n) is 9.86. The highest BCUT2D eigenvalue weighted by molar-refractivity contribution is 5.82. The number of nitrogens with zero attached hydrogens (tertiary/aromatic N) is 4. The highest BCUT2D eigenvalue weighted by Crippen LogP contribution is 2.64. The summed E-state index contributed by atoms with van der Waals surface area (Å²) in [6.45, 7) is 4.38. The molecule has 1 aromatic rings. The van der Waals surface area contributed by atoms with Gasteiger partial charge in [0, 0.05) is 5.92 Å². The van der Waals surface area contributed by atoms with Crippen molar-refractivity contribution in [2.45, 2.75) is 90.2 Å². The molecule has 0 saturated heterocycles. The molecule has 0 aliphatic heterocycles. The monoisotopic (exact) mass is 436 g/mol. The lowest BCUT2D eigenvalue weighted by molar-refractivity contribution is -0.160. The molecule has 4 aliphatic carbocycles. The standard InChI is InChI=1S/C23H34F2N4O2/c1-13-26-27-28-29(13)12-20(30)19-6-5-18-17-4-3-14-11-23(31,21(24)25)10-8-15(14)16(17)7-9-22(18,19)2/h14-19,21,31H,3-12H2,1-2H3/t14-,15+,16-,17-,18+,19-,22+,23-/m1/s1. The van der Waals surface area contributed by atoms with E-state index in [-0.39, 0.29) is 42.4 Å². The number of Topliss-reactive ketones (excluding diaryl/α,β-unsaturated/α-hetero) is 1. The van der Waals surface area contributed by atoms with Crippen molar-refractivity contribution in [2.24, 2.45) is 40.9 Å². The Hall–Kier alpha value is -1.44. The lowest BCUT2D eigenvalue weighted by atomic mass is 9.49.